The van der Waals surface area contributed by atoms with Crippen LogP contribution in [0.5, 0.6) is 5.75 Å². The van der Waals surface area contributed by atoms with Crippen molar-refractivity contribution in [3.63, 3.8) is 0 Å². The Bertz CT molecular complexity index is 997. The number of nitrogens with zero attached hydrogens (tertiary/aromatic N) is 2. The maximum Gasteiger partial charge on any atom is 0.225 e. The van der Waals surface area contributed by atoms with Gasteiger partial charge in [0.1, 0.15) is 18.2 Å². The monoisotopic (exact) mass is 407 g/mol. The van der Waals surface area contributed by atoms with Crippen molar-refractivity contribution in [3.8, 4) is 5.75 Å². The molecule has 1 amide bonds. The van der Waals surface area contributed by atoms with Crippen molar-refractivity contribution in [3.05, 3.63) is 59.9 Å². The van der Waals surface area contributed by atoms with E-state index in [1.165, 1.54) is 5.56 Å². The molecule has 0 saturated heterocycles. The number of carbonyl (C=O) groups is 1. The highest BCUT2D eigenvalue weighted by Gasteiger charge is 2.25. The van der Waals surface area contributed by atoms with E-state index in [4.69, 9.17) is 9.72 Å². The summed E-state index contributed by atoms with van der Waals surface area (Å²) >= 11 is 0. The van der Waals surface area contributed by atoms with E-state index in [0.29, 0.717) is 19.1 Å². The fraction of sp³-hybridized carbons (Fsp3) is 0.440. The van der Waals surface area contributed by atoms with E-state index < -0.39 is 5.41 Å². The number of ether oxygens (including phenoxy) is 1. The second-order valence-electron chi connectivity index (χ2n) is 9.13. The van der Waals surface area contributed by atoms with E-state index in [1.807, 2.05) is 58.0 Å². The predicted molar refractivity (Wildman–Crippen MR) is 122 cm³/mol. The number of rotatable bonds is 7. The molecule has 1 aromatic heterocycles. The van der Waals surface area contributed by atoms with Crippen molar-refractivity contribution in [2.75, 3.05) is 6.61 Å². The van der Waals surface area contributed by atoms with Gasteiger partial charge < -0.3 is 14.6 Å². The highest BCUT2D eigenvalue weighted by atomic mass is 16.5. The first-order valence-corrected chi connectivity index (χ1v) is 10.7. The molecule has 0 aliphatic carbocycles. The number of benzene rings is 2. The van der Waals surface area contributed by atoms with E-state index in [1.54, 1.807) is 0 Å². The van der Waals surface area contributed by atoms with Gasteiger partial charge in [0, 0.05) is 5.41 Å². The van der Waals surface area contributed by atoms with Crippen LogP contribution < -0.4 is 10.1 Å². The Morgan fingerprint density at radius 3 is 2.37 bits per heavy atom. The van der Waals surface area contributed by atoms with E-state index in [-0.39, 0.29) is 11.9 Å². The summed E-state index contributed by atoms with van der Waals surface area (Å²) in [6.07, 6.45) is 0. The number of para-hydroxylation sites is 2. The molecular formula is C25H33N3O2. The lowest BCUT2D eigenvalue weighted by Gasteiger charge is -2.22. The molecule has 1 heterocycles. The Morgan fingerprint density at radius 1 is 1.07 bits per heavy atom. The average Bonchev–Trinajstić information content (AvgIpc) is 3.06. The number of carbonyl (C=O) groups excluding carboxylic acids is 1. The standard InChI is InChI=1S/C25H33N3O2/c1-17(2)19-11-13-20(14-12-19)30-16-15-28-22-10-8-7-9-21(22)27-23(28)18(3)26-24(29)25(4,5)6/h7-14,17-18H,15-16H2,1-6H3,(H,26,29). The van der Waals surface area contributed by atoms with Crippen LogP contribution in [0.25, 0.3) is 11.0 Å². The number of fused-ring (bicyclic) bond motifs is 1. The summed E-state index contributed by atoms with van der Waals surface area (Å²) in [5.41, 5.74) is 2.82. The third kappa shape index (κ3) is 5.02. The summed E-state index contributed by atoms with van der Waals surface area (Å²) in [6.45, 7) is 13.3. The zero-order chi connectivity index (χ0) is 21.9. The quantitative estimate of drug-likeness (QED) is 0.566. The first kappa shape index (κ1) is 21.9. The minimum absolute atomic E-state index is 0.00935. The average molecular weight is 408 g/mol. The number of imidazole rings is 1. The van der Waals surface area contributed by atoms with Crippen molar-refractivity contribution in [2.24, 2.45) is 5.41 Å². The summed E-state index contributed by atoms with van der Waals surface area (Å²) in [7, 11) is 0. The molecule has 30 heavy (non-hydrogen) atoms. The summed E-state index contributed by atoms with van der Waals surface area (Å²) < 4.78 is 8.14. The van der Waals surface area contributed by atoms with Crippen LogP contribution in [0.2, 0.25) is 0 Å². The SMILES string of the molecule is CC(C)c1ccc(OCCn2c(C(C)NC(=O)C(C)(C)C)nc3ccccc32)cc1. The molecule has 1 N–H and O–H groups in total. The van der Waals surface area contributed by atoms with Crippen LogP contribution in [0.1, 0.15) is 64.9 Å². The van der Waals surface area contributed by atoms with Gasteiger partial charge in [-0.25, -0.2) is 4.98 Å². The van der Waals surface area contributed by atoms with Gasteiger partial charge in [-0.05, 0) is 42.7 Å². The van der Waals surface area contributed by atoms with Crippen LogP contribution >= 0.6 is 0 Å². The number of hydrogen-bond acceptors (Lipinski definition) is 3. The van der Waals surface area contributed by atoms with Gasteiger partial charge in [0.25, 0.3) is 0 Å². The molecule has 0 saturated carbocycles. The lowest BCUT2D eigenvalue weighted by Crippen LogP contribution is -2.37. The zero-order valence-corrected chi connectivity index (χ0v) is 18.9. The Morgan fingerprint density at radius 2 is 1.73 bits per heavy atom. The van der Waals surface area contributed by atoms with Crippen LogP contribution in [0.15, 0.2) is 48.5 Å². The smallest absolute Gasteiger partial charge is 0.225 e. The Kier molecular flexibility index (Phi) is 6.49. The largest absolute Gasteiger partial charge is 0.492 e. The summed E-state index contributed by atoms with van der Waals surface area (Å²) in [4.78, 5) is 17.3. The molecule has 1 unspecified atom stereocenters. The molecule has 0 fully saturated rings. The summed E-state index contributed by atoms with van der Waals surface area (Å²) in [5.74, 6) is 2.21. The molecule has 2 aromatic carbocycles. The van der Waals surface area contributed by atoms with Crippen molar-refractivity contribution >= 4 is 16.9 Å². The lowest BCUT2D eigenvalue weighted by molar-refractivity contribution is -0.129. The fourth-order valence-corrected chi connectivity index (χ4v) is 3.34. The summed E-state index contributed by atoms with van der Waals surface area (Å²) in [5, 5.41) is 3.10. The minimum Gasteiger partial charge on any atom is -0.492 e. The predicted octanol–water partition coefficient (Wildman–Crippen LogP) is 5.46. The molecule has 0 spiro atoms. The van der Waals surface area contributed by atoms with Gasteiger partial charge in [0.05, 0.1) is 23.6 Å². The number of nitrogens with one attached hydrogen (secondary N) is 1. The Hall–Kier alpha value is -2.82. The van der Waals surface area contributed by atoms with Crippen LogP contribution in [0.4, 0.5) is 0 Å². The van der Waals surface area contributed by atoms with Gasteiger partial charge in [-0.1, -0.05) is 58.9 Å². The van der Waals surface area contributed by atoms with E-state index in [0.717, 1.165) is 22.6 Å². The summed E-state index contributed by atoms with van der Waals surface area (Å²) in [6, 6.07) is 16.1. The van der Waals surface area contributed by atoms with E-state index in [2.05, 4.69) is 41.9 Å². The highest BCUT2D eigenvalue weighted by Crippen LogP contribution is 2.23. The Labute approximate surface area is 179 Å². The molecule has 0 aliphatic heterocycles. The van der Waals surface area contributed by atoms with E-state index in [9.17, 15) is 4.79 Å². The fourth-order valence-electron chi connectivity index (χ4n) is 3.34. The minimum atomic E-state index is -0.448. The van der Waals surface area contributed by atoms with Gasteiger partial charge >= 0.3 is 0 Å². The second-order valence-corrected chi connectivity index (χ2v) is 9.13. The first-order valence-electron chi connectivity index (χ1n) is 10.7. The highest BCUT2D eigenvalue weighted by molar-refractivity contribution is 5.82. The molecule has 0 radical (unpaired) electrons. The number of aromatic nitrogens is 2. The molecule has 160 valence electrons. The molecule has 0 aliphatic rings. The second kappa shape index (κ2) is 8.90. The van der Waals surface area contributed by atoms with Gasteiger partial charge in [-0.15, -0.1) is 0 Å². The van der Waals surface area contributed by atoms with Crippen molar-refractivity contribution in [1.82, 2.24) is 14.9 Å². The van der Waals surface area contributed by atoms with Crippen LogP contribution in [0.3, 0.4) is 0 Å². The maximum atomic E-state index is 12.5. The van der Waals surface area contributed by atoms with Crippen molar-refractivity contribution in [2.45, 2.75) is 60.0 Å². The maximum absolute atomic E-state index is 12.5. The van der Waals surface area contributed by atoms with Crippen LogP contribution in [0, 0.1) is 5.41 Å². The van der Waals surface area contributed by atoms with Crippen molar-refractivity contribution < 1.29 is 9.53 Å². The zero-order valence-electron chi connectivity index (χ0n) is 18.9. The third-order valence-electron chi connectivity index (χ3n) is 5.23. The molecule has 5 heteroatoms. The van der Waals surface area contributed by atoms with Gasteiger partial charge in [-0.2, -0.15) is 0 Å². The molecule has 1 atom stereocenters. The molecule has 5 nitrogen and oxygen atoms in total. The van der Waals surface area contributed by atoms with Crippen molar-refractivity contribution in [1.29, 1.82) is 0 Å². The van der Waals surface area contributed by atoms with Gasteiger partial charge in [0.2, 0.25) is 5.91 Å². The topological polar surface area (TPSA) is 56.1 Å². The molecular weight excluding hydrogens is 374 g/mol. The van der Waals surface area contributed by atoms with Crippen LogP contribution in [-0.4, -0.2) is 22.1 Å². The number of amides is 1. The van der Waals surface area contributed by atoms with Gasteiger partial charge in [-0.3, -0.25) is 4.79 Å². The van der Waals surface area contributed by atoms with E-state index >= 15 is 0 Å². The lowest BCUT2D eigenvalue weighted by atomic mass is 9.95. The number of hydrogen-bond donors (Lipinski definition) is 1. The first-order chi connectivity index (χ1) is 14.2. The molecule has 0 bridgehead atoms. The third-order valence-corrected chi connectivity index (χ3v) is 5.23. The van der Waals surface area contributed by atoms with Gasteiger partial charge in [0.15, 0.2) is 0 Å². The molecule has 3 aromatic rings. The molecule has 3 rings (SSSR count). The normalized spacial score (nSPS) is 12.9. The Balaban J connectivity index is 1.77. The van der Waals surface area contributed by atoms with Crippen LogP contribution in [-0.2, 0) is 11.3 Å².